The average molecular weight is 299 g/mol. The lowest BCUT2D eigenvalue weighted by Gasteiger charge is -2.27. The molecule has 20 heavy (non-hydrogen) atoms. The zero-order chi connectivity index (χ0) is 16.1. The topological polar surface area (TPSA) is 58.6 Å². The van der Waals surface area contributed by atoms with E-state index in [0.29, 0.717) is 0 Å². The molecule has 0 saturated carbocycles. The summed E-state index contributed by atoms with van der Waals surface area (Å²) in [6.07, 6.45) is -1.40. The maximum atomic E-state index is 11.8. The van der Waals surface area contributed by atoms with Crippen molar-refractivity contribution in [3.8, 4) is 11.5 Å². The van der Waals surface area contributed by atoms with Gasteiger partial charge in [-0.15, -0.1) is 5.54 Å². The van der Waals surface area contributed by atoms with Crippen molar-refractivity contribution in [3.05, 3.63) is 0 Å². The summed E-state index contributed by atoms with van der Waals surface area (Å²) >= 11 is 0. The number of aliphatic hydroxyl groups excluding tert-OH is 1. The Balaban J connectivity index is 4.81. The Morgan fingerprint density at radius 3 is 2.10 bits per heavy atom. The Morgan fingerprint density at radius 1 is 1.25 bits per heavy atom. The lowest BCUT2D eigenvalue weighted by atomic mass is 9.99. The summed E-state index contributed by atoms with van der Waals surface area (Å²) in [6, 6.07) is -0.436. The molecule has 0 heterocycles. The molecular formula is C15H29NO3Si. The van der Waals surface area contributed by atoms with Gasteiger partial charge >= 0.3 is 6.09 Å². The first-order chi connectivity index (χ1) is 8.82. The second-order valence-corrected chi connectivity index (χ2v) is 12.1. The fourth-order valence-electron chi connectivity index (χ4n) is 1.43. The van der Waals surface area contributed by atoms with Gasteiger partial charge in [0.1, 0.15) is 19.8 Å². The van der Waals surface area contributed by atoms with E-state index in [9.17, 15) is 9.90 Å². The van der Waals surface area contributed by atoms with E-state index >= 15 is 0 Å². The van der Waals surface area contributed by atoms with Gasteiger partial charge in [0.2, 0.25) is 0 Å². The maximum Gasteiger partial charge on any atom is 0.408 e. The molecule has 0 aromatic heterocycles. The second-order valence-electron chi connectivity index (χ2n) is 7.38. The summed E-state index contributed by atoms with van der Waals surface area (Å²) < 4.78 is 5.21. The Bertz CT molecular complexity index is 383. The van der Waals surface area contributed by atoms with Crippen LogP contribution in [0.2, 0.25) is 19.6 Å². The number of alkyl carbamates (subject to hydrolysis) is 1. The molecule has 0 fully saturated rings. The summed E-state index contributed by atoms with van der Waals surface area (Å²) in [5.41, 5.74) is 2.57. The third-order valence-corrected chi connectivity index (χ3v) is 3.23. The maximum absolute atomic E-state index is 11.8. The third kappa shape index (κ3) is 9.00. The summed E-state index contributed by atoms with van der Waals surface area (Å²) in [6.45, 7) is 15.6. The quantitative estimate of drug-likeness (QED) is 0.622. The first-order valence-corrected chi connectivity index (χ1v) is 10.5. The minimum Gasteiger partial charge on any atom is -0.444 e. The number of hydrogen-bond acceptors (Lipinski definition) is 3. The van der Waals surface area contributed by atoms with Gasteiger partial charge < -0.3 is 15.2 Å². The molecule has 0 saturated heterocycles. The lowest BCUT2D eigenvalue weighted by Crippen LogP contribution is -2.48. The number of carbonyl (C=O) groups is 1. The highest BCUT2D eigenvalue weighted by Gasteiger charge is 2.26. The van der Waals surface area contributed by atoms with Crippen LogP contribution in [0.25, 0.3) is 0 Å². The first kappa shape index (κ1) is 19.0. The summed E-state index contributed by atoms with van der Waals surface area (Å²) in [5, 5.41) is 12.9. The normalized spacial score (nSPS) is 15.1. The number of amides is 1. The van der Waals surface area contributed by atoms with Crippen molar-refractivity contribution in [2.45, 2.75) is 72.0 Å². The molecule has 116 valence electrons. The minimum atomic E-state index is -1.54. The summed E-state index contributed by atoms with van der Waals surface area (Å²) in [7, 11) is -1.54. The van der Waals surface area contributed by atoms with Gasteiger partial charge in [-0.3, -0.25) is 0 Å². The van der Waals surface area contributed by atoms with Crippen LogP contribution in [0.15, 0.2) is 0 Å². The van der Waals surface area contributed by atoms with Crippen molar-refractivity contribution in [1.82, 2.24) is 5.32 Å². The number of ether oxygens (including phenoxy) is 1. The van der Waals surface area contributed by atoms with Crippen LogP contribution in [-0.4, -0.2) is 37.0 Å². The Kier molecular flexibility index (Phi) is 6.79. The highest BCUT2D eigenvalue weighted by atomic mass is 28.3. The molecular weight excluding hydrogens is 270 g/mol. The van der Waals surface area contributed by atoms with Crippen molar-refractivity contribution >= 4 is 14.2 Å². The van der Waals surface area contributed by atoms with Crippen LogP contribution in [-0.2, 0) is 4.74 Å². The van der Waals surface area contributed by atoms with E-state index in [4.69, 9.17) is 4.74 Å². The van der Waals surface area contributed by atoms with Gasteiger partial charge in [0.25, 0.3) is 0 Å². The summed E-state index contributed by atoms with van der Waals surface area (Å²) in [4.78, 5) is 11.8. The minimum absolute atomic E-state index is 0.0634. The van der Waals surface area contributed by atoms with E-state index in [2.05, 4.69) is 36.4 Å². The molecule has 0 spiro atoms. The molecule has 0 bridgehead atoms. The standard InChI is InChI=1S/C15H29NO3Si/c1-11(2)13(12(17)9-10-20(6,7)8)16-14(18)19-15(3,4)5/h11-13,17H,1-8H3,(H,16,18)/t12-,13+/m1/s1. The zero-order valence-electron chi connectivity index (χ0n) is 14.0. The van der Waals surface area contributed by atoms with E-state index < -0.39 is 31.9 Å². The molecule has 5 heteroatoms. The van der Waals surface area contributed by atoms with Gasteiger partial charge in [-0.05, 0) is 26.7 Å². The molecule has 0 aliphatic rings. The number of aliphatic hydroxyl groups is 1. The molecule has 0 aromatic rings. The smallest absolute Gasteiger partial charge is 0.408 e. The molecule has 0 aliphatic carbocycles. The van der Waals surface area contributed by atoms with Gasteiger partial charge in [0, 0.05) is 0 Å². The number of nitrogens with one attached hydrogen (secondary N) is 1. The lowest BCUT2D eigenvalue weighted by molar-refractivity contribution is 0.0429. The Hall–Kier alpha value is -0.993. The summed E-state index contributed by atoms with van der Waals surface area (Å²) in [5.74, 6) is 2.93. The van der Waals surface area contributed by atoms with E-state index in [1.54, 1.807) is 20.8 Å². The van der Waals surface area contributed by atoms with Crippen molar-refractivity contribution < 1.29 is 14.6 Å². The Labute approximate surface area is 124 Å². The van der Waals surface area contributed by atoms with Crippen molar-refractivity contribution in [3.63, 3.8) is 0 Å². The van der Waals surface area contributed by atoms with Crippen LogP contribution in [0.4, 0.5) is 4.79 Å². The molecule has 0 aliphatic heterocycles. The van der Waals surface area contributed by atoms with Crippen molar-refractivity contribution in [2.24, 2.45) is 5.92 Å². The molecule has 0 radical (unpaired) electrons. The second kappa shape index (κ2) is 7.14. The van der Waals surface area contributed by atoms with Crippen LogP contribution in [0.5, 0.6) is 0 Å². The first-order valence-electron chi connectivity index (χ1n) is 7.02. The average Bonchev–Trinajstić information content (AvgIpc) is 2.18. The van der Waals surface area contributed by atoms with E-state index in [1.807, 2.05) is 13.8 Å². The predicted molar refractivity (Wildman–Crippen MR) is 85.1 cm³/mol. The Morgan fingerprint density at radius 2 is 1.75 bits per heavy atom. The molecule has 0 aromatic carbocycles. The molecule has 1 amide bonds. The van der Waals surface area contributed by atoms with Crippen molar-refractivity contribution in [1.29, 1.82) is 0 Å². The van der Waals surface area contributed by atoms with Gasteiger partial charge in [-0.1, -0.05) is 39.4 Å². The third-order valence-electron chi connectivity index (χ3n) is 2.34. The zero-order valence-corrected chi connectivity index (χ0v) is 15.0. The number of carbonyl (C=O) groups excluding carboxylic acids is 1. The van der Waals surface area contributed by atoms with Gasteiger partial charge in [0.05, 0.1) is 6.04 Å². The van der Waals surface area contributed by atoms with E-state index in [0.717, 1.165) is 0 Å². The van der Waals surface area contributed by atoms with Crippen LogP contribution in [0, 0.1) is 17.4 Å². The van der Waals surface area contributed by atoms with Crippen LogP contribution in [0.3, 0.4) is 0 Å². The van der Waals surface area contributed by atoms with Gasteiger partial charge in [0.15, 0.2) is 0 Å². The number of hydrogen-bond donors (Lipinski definition) is 2. The van der Waals surface area contributed by atoms with Gasteiger partial charge in [-0.2, -0.15) is 0 Å². The monoisotopic (exact) mass is 299 g/mol. The fraction of sp³-hybridized carbons (Fsp3) is 0.800. The molecule has 0 rings (SSSR count). The number of rotatable bonds is 3. The van der Waals surface area contributed by atoms with Crippen molar-refractivity contribution in [2.75, 3.05) is 0 Å². The van der Waals surface area contributed by atoms with E-state index in [1.165, 1.54) is 0 Å². The molecule has 2 atom stereocenters. The van der Waals surface area contributed by atoms with Gasteiger partial charge in [-0.25, -0.2) is 4.79 Å². The van der Waals surface area contributed by atoms with Crippen LogP contribution in [0.1, 0.15) is 34.6 Å². The highest BCUT2D eigenvalue weighted by Crippen LogP contribution is 2.11. The molecule has 2 N–H and O–H groups in total. The fourth-order valence-corrected chi connectivity index (χ4v) is 2.01. The molecule has 0 unspecified atom stereocenters. The SMILES string of the molecule is CC(C)[C@H](NC(=O)OC(C)(C)C)[C@H](O)C#C[Si](C)(C)C. The van der Waals surface area contributed by atoms with Crippen LogP contribution >= 0.6 is 0 Å². The van der Waals surface area contributed by atoms with Crippen LogP contribution < -0.4 is 5.32 Å². The highest BCUT2D eigenvalue weighted by molar-refractivity contribution is 6.83. The molecule has 4 nitrogen and oxygen atoms in total. The van der Waals surface area contributed by atoms with E-state index in [-0.39, 0.29) is 5.92 Å². The largest absolute Gasteiger partial charge is 0.444 e. The predicted octanol–water partition coefficient (Wildman–Crippen LogP) is 2.78.